The Morgan fingerprint density at radius 3 is 2.58 bits per heavy atom. The minimum atomic E-state index is -0.603. The summed E-state index contributed by atoms with van der Waals surface area (Å²) in [5.41, 5.74) is 0.138. The maximum Gasteiger partial charge on any atom is 0.175 e. The van der Waals surface area contributed by atoms with E-state index >= 15 is 0 Å². The van der Waals surface area contributed by atoms with Crippen LogP contribution in [0, 0.1) is 5.82 Å². The molecule has 0 bridgehead atoms. The monoisotopic (exact) mass is 302 g/mol. The van der Waals surface area contributed by atoms with Gasteiger partial charge in [-0.25, -0.2) is 4.39 Å². The first-order chi connectivity index (χ1) is 9.09. The van der Waals surface area contributed by atoms with E-state index in [2.05, 4.69) is 15.4 Å². The van der Waals surface area contributed by atoms with Crippen molar-refractivity contribution in [2.24, 2.45) is 7.05 Å². The molecule has 0 spiro atoms. The molecular formula is C12H13Cl2FN4. The SMILES string of the molecule is Cn1nnc(CC(CCl)(CCl)c2cccc(F)c2)n1. The van der Waals surface area contributed by atoms with Crippen molar-refractivity contribution < 1.29 is 4.39 Å². The number of aromatic nitrogens is 4. The van der Waals surface area contributed by atoms with E-state index in [9.17, 15) is 4.39 Å². The van der Waals surface area contributed by atoms with Gasteiger partial charge in [-0.3, -0.25) is 0 Å². The number of alkyl halides is 2. The summed E-state index contributed by atoms with van der Waals surface area (Å²) in [6.07, 6.45) is 0.414. The van der Waals surface area contributed by atoms with Gasteiger partial charge in [0.05, 0.1) is 7.05 Å². The van der Waals surface area contributed by atoms with Crippen LogP contribution in [-0.2, 0) is 18.9 Å². The minimum absolute atomic E-state index is 0.248. The first-order valence-corrected chi connectivity index (χ1v) is 6.77. The third-order valence-electron chi connectivity index (χ3n) is 2.99. The summed E-state index contributed by atoms with van der Waals surface area (Å²) in [4.78, 5) is 1.37. The topological polar surface area (TPSA) is 43.6 Å². The van der Waals surface area contributed by atoms with Gasteiger partial charge in [-0.05, 0) is 22.9 Å². The molecule has 2 rings (SSSR count). The Bertz CT molecular complexity index is 554. The van der Waals surface area contributed by atoms with Gasteiger partial charge in [0, 0.05) is 23.6 Å². The number of hydrogen-bond acceptors (Lipinski definition) is 3. The van der Waals surface area contributed by atoms with Crippen molar-refractivity contribution in [3.05, 3.63) is 41.5 Å². The van der Waals surface area contributed by atoms with Gasteiger partial charge in [0.2, 0.25) is 0 Å². The molecule has 0 aliphatic heterocycles. The lowest BCUT2D eigenvalue weighted by Gasteiger charge is -2.28. The van der Waals surface area contributed by atoms with Crippen molar-refractivity contribution >= 4 is 23.2 Å². The summed E-state index contributed by atoms with van der Waals surface area (Å²) in [7, 11) is 1.68. The highest BCUT2D eigenvalue weighted by Gasteiger charge is 2.33. The van der Waals surface area contributed by atoms with Crippen LogP contribution in [0.2, 0.25) is 0 Å². The minimum Gasteiger partial charge on any atom is -0.207 e. The van der Waals surface area contributed by atoms with E-state index in [0.717, 1.165) is 5.56 Å². The Labute approximate surface area is 120 Å². The maximum absolute atomic E-state index is 13.4. The molecule has 4 nitrogen and oxygen atoms in total. The van der Waals surface area contributed by atoms with Crippen molar-refractivity contribution in [2.75, 3.05) is 11.8 Å². The lowest BCUT2D eigenvalue weighted by molar-refractivity contribution is 0.511. The van der Waals surface area contributed by atoms with Crippen molar-refractivity contribution in [1.29, 1.82) is 0 Å². The summed E-state index contributed by atoms with van der Waals surface area (Å²) < 4.78 is 13.4. The van der Waals surface area contributed by atoms with E-state index in [1.807, 2.05) is 6.07 Å². The van der Waals surface area contributed by atoms with Crippen LogP contribution in [-0.4, -0.2) is 32.0 Å². The molecule has 0 aliphatic carbocycles. The second-order valence-corrected chi connectivity index (χ2v) is 4.96. The Morgan fingerprint density at radius 1 is 1.32 bits per heavy atom. The molecule has 102 valence electrons. The first kappa shape index (κ1) is 14.2. The lowest BCUT2D eigenvalue weighted by atomic mass is 9.81. The second-order valence-electron chi connectivity index (χ2n) is 4.43. The normalized spacial score (nSPS) is 11.8. The van der Waals surface area contributed by atoms with Crippen LogP contribution in [0.15, 0.2) is 24.3 Å². The molecule has 7 heteroatoms. The molecule has 0 amide bonds. The Kier molecular flexibility index (Phi) is 4.37. The molecule has 0 saturated heterocycles. The average Bonchev–Trinajstić information content (AvgIpc) is 2.81. The molecule has 0 fully saturated rings. The van der Waals surface area contributed by atoms with Gasteiger partial charge in [0.15, 0.2) is 5.82 Å². The molecule has 0 aliphatic rings. The summed E-state index contributed by atoms with van der Waals surface area (Å²) in [5, 5.41) is 11.8. The molecule has 0 atom stereocenters. The van der Waals surface area contributed by atoms with Crippen LogP contribution in [0.1, 0.15) is 11.4 Å². The van der Waals surface area contributed by atoms with Gasteiger partial charge in [0.1, 0.15) is 5.82 Å². The third-order valence-corrected chi connectivity index (χ3v) is 4.02. The van der Waals surface area contributed by atoms with Crippen LogP contribution in [0.4, 0.5) is 4.39 Å². The number of nitrogens with zero attached hydrogens (tertiary/aromatic N) is 4. The first-order valence-electron chi connectivity index (χ1n) is 5.70. The number of benzene rings is 1. The molecule has 2 aromatic rings. The number of tetrazole rings is 1. The third kappa shape index (κ3) is 3.04. The predicted octanol–water partition coefficient (Wildman–Crippen LogP) is 2.31. The van der Waals surface area contributed by atoms with E-state index in [1.165, 1.54) is 16.9 Å². The number of rotatable bonds is 5. The maximum atomic E-state index is 13.4. The summed E-state index contributed by atoms with van der Waals surface area (Å²) in [6.45, 7) is 0. The van der Waals surface area contributed by atoms with Crippen LogP contribution in [0.5, 0.6) is 0 Å². The molecular weight excluding hydrogens is 290 g/mol. The number of halogens is 3. The van der Waals surface area contributed by atoms with E-state index in [0.29, 0.717) is 12.2 Å². The fraction of sp³-hybridized carbons (Fsp3) is 0.417. The van der Waals surface area contributed by atoms with Crippen LogP contribution >= 0.6 is 23.2 Å². The Hall–Kier alpha value is -1.20. The van der Waals surface area contributed by atoms with Gasteiger partial charge in [-0.2, -0.15) is 4.80 Å². The predicted molar refractivity (Wildman–Crippen MR) is 72.0 cm³/mol. The number of aryl methyl sites for hydroxylation is 1. The van der Waals surface area contributed by atoms with Crippen molar-refractivity contribution in [3.8, 4) is 0 Å². The molecule has 0 N–H and O–H groups in total. The summed E-state index contributed by atoms with van der Waals surface area (Å²) in [5.74, 6) is 0.716. The molecule has 1 heterocycles. The highest BCUT2D eigenvalue weighted by atomic mass is 35.5. The van der Waals surface area contributed by atoms with Gasteiger partial charge in [-0.1, -0.05) is 12.1 Å². The Balaban J connectivity index is 2.37. The van der Waals surface area contributed by atoms with Crippen LogP contribution in [0.25, 0.3) is 0 Å². The van der Waals surface area contributed by atoms with Gasteiger partial charge >= 0.3 is 0 Å². The highest BCUT2D eigenvalue weighted by Crippen LogP contribution is 2.31. The standard InChI is InChI=1S/C12H13Cl2FN4/c1-19-17-11(16-18-19)6-12(7-13,8-14)9-3-2-4-10(15)5-9/h2-5H,6-8H2,1H3. The van der Waals surface area contributed by atoms with E-state index in [1.54, 1.807) is 13.1 Å². The van der Waals surface area contributed by atoms with Crippen molar-refractivity contribution in [1.82, 2.24) is 20.2 Å². The molecule has 0 unspecified atom stereocenters. The zero-order valence-electron chi connectivity index (χ0n) is 10.4. The summed E-state index contributed by atoms with van der Waals surface area (Å²) in [6, 6.07) is 6.28. The fourth-order valence-corrected chi connectivity index (χ4v) is 2.69. The molecule has 0 radical (unpaired) electrons. The largest absolute Gasteiger partial charge is 0.207 e. The number of hydrogen-bond donors (Lipinski definition) is 0. The van der Waals surface area contributed by atoms with E-state index in [4.69, 9.17) is 23.2 Å². The zero-order valence-corrected chi connectivity index (χ0v) is 11.9. The second kappa shape index (κ2) is 5.84. The lowest BCUT2D eigenvalue weighted by Crippen LogP contribution is -2.34. The quantitative estimate of drug-likeness (QED) is 0.796. The van der Waals surface area contributed by atoms with Gasteiger partial charge < -0.3 is 0 Å². The molecule has 1 aromatic carbocycles. The molecule has 0 saturated carbocycles. The van der Waals surface area contributed by atoms with Crippen molar-refractivity contribution in [2.45, 2.75) is 11.8 Å². The van der Waals surface area contributed by atoms with Crippen molar-refractivity contribution in [3.63, 3.8) is 0 Å². The van der Waals surface area contributed by atoms with E-state index in [-0.39, 0.29) is 17.6 Å². The molecule has 1 aromatic heterocycles. The molecule has 19 heavy (non-hydrogen) atoms. The van der Waals surface area contributed by atoms with Gasteiger partial charge in [0.25, 0.3) is 0 Å². The van der Waals surface area contributed by atoms with Gasteiger partial charge in [-0.15, -0.1) is 33.4 Å². The zero-order chi connectivity index (χ0) is 13.9. The smallest absolute Gasteiger partial charge is 0.175 e. The van der Waals surface area contributed by atoms with E-state index < -0.39 is 5.41 Å². The van der Waals surface area contributed by atoms with Crippen LogP contribution < -0.4 is 0 Å². The summed E-state index contributed by atoms with van der Waals surface area (Å²) >= 11 is 12.2. The average molecular weight is 303 g/mol. The fourth-order valence-electron chi connectivity index (χ4n) is 1.90. The Morgan fingerprint density at radius 2 is 2.05 bits per heavy atom. The van der Waals surface area contributed by atoms with Crippen LogP contribution in [0.3, 0.4) is 0 Å². The highest BCUT2D eigenvalue weighted by molar-refractivity contribution is 6.22.